The fourth-order valence-corrected chi connectivity index (χ4v) is 0.827. The van der Waals surface area contributed by atoms with E-state index in [0.717, 1.165) is 19.0 Å². The Hall–Kier alpha value is -0.120. The molecule has 0 saturated heterocycles. The largest absolute Gasteiger partial charge is 0.394 e. The van der Waals surface area contributed by atoms with E-state index in [1.807, 2.05) is 0 Å². The van der Waals surface area contributed by atoms with Gasteiger partial charge in [-0.3, -0.25) is 0 Å². The molecule has 0 aromatic heterocycles. The summed E-state index contributed by atoms with van der Waals surface area (Å²) in [6.07, 6.45) is 1.21. The minimum atomic E-state index is 0.117. The third-order valence-electron chi connectivity index (χ3n) is 1.56. The molecule has 3 heteroatoms. The van der Waals surface area contributed by atoms with Gasteiger partial charge in [0.15, 0.2) is 0 Å². The van der Waals surface area contributed by atoms with Crippen LogP contribution in [-0.2, 0) is 4.74 Å². The zero-order valence-corrected chi connectivity index (χ0v) is 8.18. The first-order valence-corrected chi connectivity index (χ1v) is 4.66. The zero-order chi connectivity index (χ0) is 9.23. The molecule has 0 aliphatic carbocycles. The van der Waals surface area contributed by atoms with Gasteiger partial charge in [-0.05, 0) is 18.9 Å². The Balaban J connectivity index is 2.82. The predicted octanol–water partition coefficient (Wildman–Crippen LogP) is 0.631. The highest BCUT2D eigenvalue weighted by atomic mass is 16.5. The maximum absolute atomic E-state index is 8.40. The van der Waals surface area contributed by atoms with E-state index in [1.54, 1.807) is 0 Å². The maximum atomic E-state index is 8.40. The monoisotopic (exact) mass is 175 g/mol. The van der Waals surface area contributed by atoms with Gasteiger partial charge in [-0.15, -0.1) is 0 Å². The molecule has 0 fully saturated rings. The lowest BCUT2D eigenvalue weighted by Crippen LogP contribution is -2.22. The predicted molar refractivity (Wildman–Crippen MR) is 50.2 cm³/mol. The molecule has 2 N–H and O–H groups in total. The fraction of sp³-hybridized carbons (Fsp3) is 1.00. The lowest BCUT2D eigenvalue weighted by atomic mass is 10.1. The van der Waals surface area contributed by atoms with Crippen LogP contribution in [0.3, 0.4) is 0 Å². The van der Waals surface area contributed by atoms with Crippen LogP contribution in [-0.4, -0.2) is 38.0 Å². The van der Waals surface area contributed by atoms with Gasteiger partial charge in [-0.1, -0.05) is 13.8 Å². The minimum absolute atomic E-state index is 0.117. The molecule has 0 aromatic rings. The second-order valence-corrected chi connectivity index (χ2v) is 3.27. The Morgan fingerprint density at radius 3 is 2.58 bits per heavy atom. The molecule has 0 amide bonds. The van der Waals surface area contributed by atoms with Crippen LogP contribution in [0, 0.1) is 5.92 Å². The van der Waals surface area contributed by atoms with Crippen LogP contribution in [0.25, 0.3) is 0 Å². The zero-order valence-electron chi connectivity index (χ0n) is 8.18. The number of hydrogen-bond acceptors (Lipinski definition) is 3. The van der Waals surface area contributed by atoms with Crippen LogP contribution in [0.1, 0.15) is 20.3 Å². The summed E-state index contributed by atoms with van der Waals surface area (Å²) in [6, 6.07) is 0. The van der Waals surface area contributed by atoms with Gasteiger partial charge in [-0.25, -0.2) is 0 Å². The molecule has 0 aliphatic rings. The third-order valence-corrected chi connectivity index (χ3v) is 1.56. The Bertz CT molecular complexity index is 86.6. The number of aliphatic hydroxyl groups excluding tert-OH is 1. The minimum Gasteiger partial charge on any atom is -0.394 e. The lowest BCUT2D eigenvalue weighted by Gasteiger charge is -2.06. The van der Waals surface area contributed by atoms with E-state index < -0.39 is 0 Å². The summed E-state index contributed by atoms with van der Waals surface area (Å²) >= 11 is 0. The van der Waals surface area contributed by atoms with Crippen LogP contribution in [0.2, 0.25) is 0 Å². The first kappa shape index (κ1) is 11.9. The van der Waals surface area contributed by atoms with Gasteiger partial charge in [0.1, 0.15) is 0 Å². The molecule has 0 aliphatic heterocycles. The maximum Gasteiger partial charge on any atom is 0.0698 e. The van der Waals surface area contributed by atoms with Crippen LogP contribution in [0.15, 0.2) is 0 Å². The van der Waals surface area contributed by atoms with E-state index in [-0.39, 0.29) is 6.61 Å². The Kier molecular flexibility index (Phi) is 8.88. The summed E-state index contributed by atoms with van der Waals surface area (Å²) in [6.45, 7) is 7.62. The topological polar surface area (TPSA) is 41.5 Å². The highest BCUT2D eigenvalue weighted by Crippen LogP contribution is 1.95. The van der Waals surface area contributed by atoms with E-state index in [4.69, 9.17) is 9.84 Å². The van der Waals surface area contributed by atoms with Gasteiger partial charge < -0.3 is 15.2 Å². The standard InChI is InChI=1S/C9H21NO2/c1-9(2)3-4-10-5-7-12-8-6-11/h9-11H,3-8H2,1-2H3. The molecule has 0 saturated carbocycles. The van der Waals surface area contributed by atoms with Crippen molar-refractivity contribution in [2.45, 2.75) is 20.3 Å². The molecule has 0 rings (SSSR count). The van der Waals surface area contributed by atoms with Crippen molar-refractivity contribution in [1.29, 1.82) is 0 Å². The highest BCUT2D eigenvalue weighted by molar-refractivity contribution is 4.50. The average Bonchev–Trinajstić information content (AvgIpc) is 2.02. The molecule has 74 valence electrons. The average molecular weight is 175 g/mol. The summed E-state index contributed by atoms with van der Waals surface area (Å²) in [5.74, 6) is 0.760. The number of rotatable bonds is 8. The molecular formula is C9H21NO2. The van der Waals surface area contributed by atoms with Crippen molar-refractivity contribution in [2.75, 3.05) is 32.9 Å². The highest BCUT2D eigenvalue weighted by Gasteiger charge is 1.92. The van der Waals surface area contributed by atoms with Crippen molar-refractivity contribution in [2.24, 2.45) is 5.92 Å². The molecule has 0 spiro atoms. The summed E-state index contributed by atoms with van der Waals surface area (Å²) in [5, 5.41) is 11.7. The van der Waals surface area contributed by atoms with E-state index >= 15 is 0 Å². The van der Waals surface area contributed by atoms with Crippen LogP contribution in [0.5, 0.6) is 0 Å². The smallest absolute Gasteiger partial charge is 0.0698 e. The van der Waals surface area contributed by atoms with Crippen molar-refractivity contribution < 1.29 is 9.84 Å². The molecule has 3 nitrogen and oxygen atoms in total. The Morgan fingerprint density at radius 2 is 2.00 bits per heavy atom. The van der Waals surface area contributed by atoms with Gasteiger partial charge in [0.25, 0.3) is 0 Å². The van der Waals surface area contributed by atoms with E-state index in [9.17, 15) is 0 Å². The normalized spacial score (nSPS) is 11.0. The van der Waals surface area contributed by atoms with E-state index in [2.05, 4.69) is 19.2 Å². The summed E-state index contributed by atoms with van der Waals surface area (Å²) in [7, 11) is 0. The number of ether oxygens (including phenoxy) is 1. The number of nitrogens with one attached hydrogen (secondary N) is 1. The van der Waals surface area contributed by atoms with E-state index in [1.165, 1.54) is 6.42 Å². The fourth-order valence-electron chi connectivity index (χ4n) is 0.827. The summed E-state index contributed by atoms with van der Waals surface area (Å²) in [5.41, 5.74) is 0. The summed E-state index contributed by atoms with van der Waals surface area (Å²) < 4.78 is 5.08. The van der Waals surface area contributed by atoms with Gasteiger partial charge >= 0.3 is 0 Å². The molecule has 0 aromatic carbocycles. The third kappa shape index (κ3) is 9.88. The molecule has 0 radical (unpaired) electrons. The van der Waals surface area contributed by atoms with Gasteiger partial charge in [0, 0.05) is 6.54 Å². The van der Waals surface area contributed by atoms with Crippen molar-refractivity contribution in [3.05, 3.63) is 0 Å². The van der Waals surface area contributed by atoms with Crippen LogP contribution in [0.4, 0.5) is 0 Å². The first-order valence-electron chi connectivity index (χ1n) is 4.66. The second-order valence-electron chi connectivity index (χ2n) is 3.27. The van der Waals surface area contributed by atoms with Crippen molar-refractivity contribution in [3.8, 4) is 0 Å². The molecule has 0 unspecified atom stereocenters. The van der Waals surface area contributed by atoms with Crippen LogP contribution >= 0.6 is 0 Å². The van der Waals surface area contributed by atoms with Crippen molar-refractivity contribution in [1.82, 2.24) is 5.32 Å². The summed E-state index contributed by atoms with van der Waals surface area (Å²) in [4.78, 5) is 0. The SMILES string of the molecule is CC(C)CCNCCOCCO. The lowest BCUT2D eigenvalue weighted by molar-refractivity contribution is 0.0938. The van der Waals surface area contributed by atoms with Gasteiger partial charge in [0.05, 0.1) is 19.8 Å². The number of hydrogen-bond donors (Lipinski definition) is 2. The molecule has 0 bridgehead atoms. The molecule has 12 heavy (non-hydrogen) atoms. The Morgan fingerprint density at radius 1 is 1.25 bits per heavy atom. The van der Waals surface area contributed by atoms with Crippen molar-refractivity contribution >= 4 is 0 Å². The van der Waals surface area contributed by atoms with Gasteiger partial charge in [0.2, 0.25) is 0 Å². The number of aliphatic hydroxyl groups is 1. The quantitative estimate of drug-likeness (QED) is 0.532. The second kappa shape index (κ2) is 8.97. The molecule has 0 atom stereocenters. The van der Waals surface area contributed by atoms with Crippen molar-refractivity contribution in [3.63, 3.8) is 0 Å². The van der Waals surface area contributed by atoms with E-state index in [0.29, 0.717) is 13.2 Å². The van der Waals surface area contributed by atoms with Crippen LogP contribution < -0.4 is 5.32 Å². The van der Waals surface area contributed by atoms with Gasteiger partial charge in [-0.2, -0.15) is 0 Å². The molecular weight excluding hydrogens is 154 g/mol. The molecule has 0 heterocycles. The Labute approximate surface area is 75.1 Å². The first-order chi connectivity index (χ1) is 5.77.